The third-order valence-corrected chi connectivity index (χ3v) is 3.74. The summed E-state index contributed by atoms with van der Waals surface area (Å²) in [6.45, 7) is 0.687. The van der Waals surface area contributed by atoms with Crippen molar-refractivity contribution >= 4 is 23.3 Å². The van der Waals surface area contributed by atoms with Gasteiger partial charge in [-0.15, -0.1) is 0 Å². The number of rotatable bonds is 3. The molecule has 0 amide bonds. The molecule has 2 N–H and O–H groups in total. The standard InChI is InChI=1S/C8H12N4O2S/c9-8-7(12(13)14)3-10-11(8)4-6-1-2-15-5-6/h3,6H,1-2,4-5,9H2. The lowest BCUT2D eigenvalue weighted by atomic mass is 10.1. The maximum atomic E-state index is 10.5. The van der Waals surface area contributed by atoms with Crippen molar-refractivity contribution in [1.82, 2.24) is 9.78 Å². The third kappa shape index (κ3) is 2.06. The highest BCUT2D eigenvalue weighted by Crippen LogP contribution is 2.27. The van der Waals surface area contributed by atoms with Gasteiger partial charge in [0.05, 0.1) is 4.92 Å². The van der Waals surface area contributed by atoms with E-state index in [1.54, 1.807) is 0 Å². The normalized spacial score (nSPS) is 20.7. The Hall–Kier alpha value is -1.24. The molecule has 1 fully saturated rings. The Bertz CT molecular complexity index is 373. The van der Waals surface area contributed by atoms with E-state index < -0.39 is 4.92 Å². The zero-order valence-corrected chi connectivity index (χ0v) is 8.94. The fourth-order valence-electron chi connectivity index (χ4n) is 1.64. The summed E-state index contributed by atoms with van der Waals surface area (Å²) < 4.78 is 1.54. The molecule has 0 spiro atoms. The van der Waals surface area contributed by atoms with Crippen molar-refractivity contribution in [2.24, 2.45) is 5.92 Å². The molecule has 0 aromatic carbocycles. The molecule has 0 saturated carbocycles. The number of nitro groups is 1. The zero-order valence-electron chi connectivity index (χ0n) is 8.13. The maximum Gasteiger partial charge on any atom is 0.330 e. The Morgan fingerprint density at radius 3 is 3.13 bits per heavy atom. The summed E-state index contributed by atoms with van der Waals surface area (Å²) in [4.78, 5) is 10.0. The summed E-state index contributed by atoms with van der Waals surface area (Å²) in [6, 6.07) is 0. The molecular formula is C8H12N4O2S. The average Bonchev–Trinajstić information content (AvgIpc) is 2.78. The van der Waals surface area contributed by atoms with Gasteiger partial charge in [0.1, 0.15) is 6.20 Å². The Labute approximate surface area is 91.0 Å². The van der Waals surface area contributed by atoms with E-state index in [1.807, 2.05) is 11.8 Å². The maximum absolute atomic E-state index is 10.5. The first-order valence-electron chi connectivity index (χ1n) is 4.72. The van der Waals surface area contributed by atoms with Crippen molar-refractivity contribution in [2.75, 3.05) is 17.2 Å². The average molecular weight is 228 g/mol. The van der Waals surface area contributed by atoms with Crippen LogP contribution in [0.5, 0.6) is 0 Å². The molecule has 1 aliphatic heterocycles. The smallest absolute Gasteiger partial charge is 0.330 e. The number of aromatic nitrogens is 2. The van der Waals surface area contributed by atoms with Crippen molar-refractivity contribution < 1.29 is 4.92 Å². The molecule has 6 nitrogen and oxygen atoms in total. The molecule has 1 aliphatic rings. The Kier molecular flexibility index (Phi) is 2.81. The summed E-state index contributed by atoms with van der Waals surface area (Å²) >= 11 is 1.90. The van der Waals surface area contributed by atoms with Crippen molar-refractivity contribution in [3.63, 3.8) is 0 Å². The van der Waals surface area contributed by atoms with Gasteiger partial charge in [-0.3, -0.25) is 10.1 Å². The Morgan fingerprint density at radius 1 is 1.80 bits per heavy atom. The van der Waals surface area contributed by atoms with Crippen molar-refractivity contribution in [3.8, 4) is 0 Å². The first kappa shape index (κ1) is 10.3. The van der Waals surface area contributed by atoms with Crippen molar-refractivity contribution in [1.29, 1.82) is 0 Å². The van der Waals surface area contributed by atoms with Crippen LogP contribution in [0.1, 0.15) is 6.42 Å². The van der Waals surface area contributed by atoms with Crippen molar-refractivity contribution in [2.45, 2.75) is 13.0 Å². The van der Waals surface area contributed by atoms with Gasteiger partial charge in [-0.25, -0.2) is 4.68 Å². The van der Waals surface area contributed by atoms with E-state index >= 15 is 0 Å². The van der Waals surface area contributed by atoms with E-state index in [1.165, 1.54) is 10.9 Å². The van der Waals surface area contributed by atoms with Gasteiger partial charge in [0, 0.05) is 6.54 Å². The molecule has 1 unspecified atom stereocenters. The minimum absolute atomic E-state index is 0.0966. The number of nitrogen functional groups attached to an aromatic ring is 1. The van der Waals surface area contributed by atoms with Gasteiger partial charge in [-0.1, -0.05) is 0 Å². The van der Waals surface area contributed by atoms with E-state index in [2.05, 4.69) is 5.10 Å². The van der Waals surface area contributed by atoms with Gasteiger partial charge in [0.2, 0.25) is 5.82 Å². The largest absolute Gasteiger partial charge is 0.378 e. The molecule has 15 heavy (non-hydrogen) atoms. The topological polar surface area (TPSA) is 87.0 Å². The van der Waals surface area contributed by atoms with E-state index in [-0.39, 0.29) is 11.5 Å². The second-order valence-corrected chi connectivity index (χ2v) is 4.73. The summed E-state index contributed by atoms with van der Waals surface area (Å²) in [6.07, 6.45) is 2.36. The molecule has 0 radical (unpaired) electrons. The first-order valence-corrected chi connectivity index (χ1v) is 5.87. The van der Waals surface area contributed by atoms with E-state index in [0.717, 1.165) is 17.9 Å². The van der Waals surface area contributed by atoms with Crippen LogP contribution in [-0.4, -0.2) is 26.2 Å². The quantitative estimate of drug-likeness (QED) is 0.619. The minimum atomic E-state index is -0.498. The van der Waals surface area contributed by atoms with Crippen molar-refractivity contribution in [3.05, 3.63) is 16.3 Å². The molecule has 0 bridgehead atoms. The van der Waals surface area contributed by atoms with E-state index in [0.29, 0.717) is 12.5 Å². The molecule has 1 aromatic rings. The molecular weight excluding hydrogens is 216 g/mol. The summed E-state index contributed by atoms with van der Waals surface area (Å²) in [5, 5.41) is 14.5. The van der Waals surface area contributed by atoms with Crippen LogP contribution in [0.3, 0.4) is 0 Å². The van der Waals surface area contributed by atoms with Gasteiger partial charge in [0.15, 0.2) is 0 Å². The number of hydrogen-bond donors (Lipinski definition) is 1. The van der Waals surface area contributed by atoms with Crippen LogP contribution in [0.4, 0.5) is 11.5 Å². The lowest BCUT2D eigenvalue weighted by Crippen LogP contribution is -2.13. The van der Waals surface area contributed by atoms with Crippen LogP contribution in [0.25, 0.3) is 0 Å². The van der Waals surface area contributed by atoms with E-state index in [9.17, 15) is 10.1 Å². The molecule has 2 heterocycles. The van der Waals surface area contributed by atoms with Crippen LogP contribution in [0.15, 0.2) is 6.20 Å². The van der Waals surface area contributed by atoms with Gasteiger partial charge in [-0.05, 0) is 23.8 Å². The zero-order chi connectivity index (χ0) is 10.8. The predicted octanol–water partition coefficient (Wildman–Crippen LogP) is 1.13. The summed E-state index contributed by atoms with van der Waals surface area (Å²) in [5.41, 5.74) is 5.54. The molecule has 1 atom stereocenters. The van der Waals surface area contributed by atoms with Gasteiger partial charge in [-0.2, -0.15) is 16.9 Å². The molecule has 2 rings (SSSR count). The fraction of sp³-hybridized carbons (Fsp3) is 0.625. The molecule has 82 valence electrons. The second kappa shape index (κ2) is 4.09. The molecule has 7 heteroatoms. The van der Waals surface area contributed by atoms with Crippen LogP contribution in [0.2, 0.25) is 0 Å². The highest BCUT2D eigenvalue weighted by molar-refractivity contribution is 7.99. The van der Waals surface area contributed by atoms with Crippen LogP contribution >= 0.6 is 11.8 Å². The van der Waals surface area contributed by atoms with Gasteiger partial charge < -0.3 is 5.73 Å². The number of anilines is 1. The van der Waals surface area contributed by atoms with Crippen LogP contribution < -0.4 is 5.73 Å². The monoisotopic (exact) mass is 228 g/mol. The molecule has 1 aromatic heterocycles. The lowest BCUT2D eigenvalue weighted by Gasteiger charge is -2.08. The van der Waals surface area contributed by atoms with Gasteiger partial charge >= 0.3 is 5.69 Å². The molecule has 0 aliphatic carbocycles. The highest BCUT2D eigenvalue weighted by atomic mass is 32.2. The minimum Gasteiger partial charge on any atom is -0.378 e. The number of thioether (sulfide) groups is 1. The number of hydrogen-bond acceptors (Lipinski definition) is 5. The SMILES string of the molecule is Nc1c([N+](=O)[O-])cnn1CC1CCSC1. The fourth-order valence-corrected chi connectivity index (χ4v) is 2.92. The highest BCUT2D eigenvalue weighted by Gasteiger charge is 2.21. The Balaban J connectivity index is 2.11. The number of nitrogens with two attached hydrogens (primary N) is 1. The predicted molar refractivity (Wildman–Crippen MR) is 58.7 cm³/mol. The van der Waals surface area contributed by atoms with Gasteiger partial charge in [0.25, 0.3) is 0 Å². The Morgan fingerprint density at radius 2 is 2.60 bits per heavy atom. The number of nitrogens with zero attached hydrogens (tertiary/aromatic N) is 3. The third-order valence-electron chi connectivity index (χ3n) is 2.51. The summed E-state index contributed by atoms with van der Waals surface area (Å²) in [5.74, 6) is 2.95. The van der Waals surface area contributed by atoms with Crippen LogP contribution in [-0.2, 0) is 6.54 Å². The van der Waals surface area contributed by atoms with E-state index in [4.69, 9.17) is 5.73 Å². The molecule has 1 saturated heterocycles. The first-order chi connectivity index (χ1) is 7.18. The second-order valence-electron chi connectivity index (χ2n) is 3.58. The lowest BCUT2D eigenvalue weighted by molar-refractivity contribution is -0.384. The summed E-state index contributed by atoms with van der Waals surface area (Å²) in [7, 11) is 0. The van der Waals surface area contributed by atoms with Crippen LogP contribution in [0, 0.1) is 16.0 Å².